The summed E-state index contributed by atoms with van der Waals surface area (Å²) in [5, 5.41) is 14.7. The summed E-state index contributed by atoms with van der Waals surface area (Å²) in [6.07, 6.45) is 5.69. The van der Waals surface area contributed by atoms with Crippen molar-refractivity contribution in [1.29, 1.82) is 0 Å². The lowest BCUT2D eigenvalue weighted by atomic mass is 9.96. The van der Waals surface area contributed by atoms with Crippen molar-refractivity contribution in [3.63, 3.8) is 0 Å². The smallest absolute Gasteiger partial charge is 0.326 e. The van der Waals surface area contributed by atoms with Gasteiger partial charge in [-0.3, -0.25) is 9.78 Å². The number of nitrogens with zero attached hydrogens (tertiary/aromatic N) is 3. The second-order valence-corrected chi connectivity index (χ2v) is 6.87. The molecule has 1 saturated heterocycles. The van der Waals surface area contributed by atoms with Crippen LogP contribution in [0.5, 0.6) is 0 Å². The van der Waals surface area contributed by atoms with Gasteiger partial charge in [-0.1, -0.05) is 30.3 Å². The van der Waals surface area contributed by atoms with E-state index in [1.165, 1.54) is 18.6 Å². The minimum absolute atomic E-state index is 0.155. The molecule has 0 radical (unpaired) electrons. The van der Waals surface area contributed by atoms with Crippen LogP contribution in [0.3, 0.4) is 0 Å². The van der Waals surface area contributed by atoms with E-state index >= 15 is 0 Å². The first kappa shape index (κ1) is 20.2. The molecule has 1 aromatic carbocycles. The summed E-state index contributed by atoms with van der Waals surface area (Å²) in [5.41, 5.74) is 0.833. The zero-order valence-corrected chi connectivity index (χ0v) is 15.8. The molecule has 152 valence electrons. The normalized spacial score (nSPS) is 15.4. The SMILES string of the molecule is O=C(Nc1cnccn1)C1CCN(C(=O)N[C@@H](Cc2ccccc2)C(=O)O)CC1. The van der Waals surface area contributed by atoms with Gasteiger partial charge in [0.15, 0.2) is 5.82 Å². The van der Waals surface area contributed by atoms with Crippen LogP contribution in [0.4, 0.5) is 10.6 Å². The molecule has 1 atom stereocenters. The van der Waals surface area contributed by atoms with E-state index in [0.29, 0.717) is 31.7 Å². The molecular weight excluding hydrogens is 374 g/mol. The number of amides is 3. The number of carboxylic acid groups (broad SMARTS) is 1. The Morgan fingerprint density at radius 1 is 1.14 bits per heavy atom. The highest BCUT2D eigenvalue weighted by molar-refractivity contribution is 5.91. The Bertz CT molecular complexity index is 838. The molecule has 0 saturated carbocycles. The van der Waals surface area contributed by atoms with Gasteiger partial charge in [-0.05, 0) is 18.4 Å². The van der Waals surface area contributed by atoms with Crippen LogP contribution in [0.2, 0.25) is 0 Å². The zero-order chi connectivity index (χ0) is 20.6. The van der Waals surface area contributed by atoms with E-state index in [0.717, 1.165) is 5.56 Å². The number of carbonyl (C=O) groups excluding carboxylic acids is 2. The molecule has 2 heterocycles. The largest absolute Gasteiger partial charge is 0.480 e. The van der Waals surface area contributed by atoms with Gasteiger partial charge in [-0.2, -0.15) is 0 Å². The highest BCUT2D eigenvalue weighted by Gasteiger charge is 2.29. The number of hydrogen-bond donors (Lipinski definition) is 3. The maximum absolute atomic E-state index is 12.5. The number of aliphatic carboxylic acids is 1. The Balaban J connectivity index is 1.49. The highest BCUT2D eigenvalue weighted by atomic mass is 16.4. The number of piperidine rings is 1. The van der Waals surface area contributed by atoms with Crippen LogP contribution in [-0.4, -0.2) is 57.0 Å². The molecule has 0 spiro atoms. The molecule has 0 aliphatic carbocycles. The van der Waals surface area contributed by atoms with Crippen molar-refractivity contribution in [2.24, 2.45) is 5.92 Å². The first-order chi connectivity index (χ1) is 14.0. The lowest BCUT2D eigenvalue weighted by molar-refractivity contribution is -0.139. The number of carbonyl (C=O) groups is 3. The molecule has 29 heavy (non-hydrogen) atoms. The fraction of sp³-hybridized carbons (Fsp3) is 0.350. The maximum atomic E-state index is 12.5. The van der Waals surface area contributed by atoms with Gasteiger partial charge < -0.3 is 20.6 Å². The van der Waals surface area contributed by atoms with Gasteiger partial charge in [0.1, 0.15) is 6.04 Å². The van der Waals surface area contributed by atoms with Crippen molar-refractivity contribution in [2.45, 2.75) is 25.3 Å². The molecule has 1 aliphatic heterocycles. The van der Waals surface area contributed by atoms with Gasteiger partial charge in [0, 0.05) is 37.8 Å². The fourth-order valence-corrected chi connectivity index (χ4v) is 3.23. The van der Waals surface area contributed by atoms with Gasteiger partial charge in [-0.25, -0.2) is 14.6 Å². The number of aromatic nitrogens is 2. The summed E-state index contributed by atoms with van der Waals surface area (Å²) in [6, 6.07) is 7.71. The van der Waals surface area contributed by atoms with Crippen LogP contribution in [0.15, 0.2) is 48.9 Å². The Kier molecular flexibility index (Phi) is 6.72. The number of urea groups is 1. The van der Waals surface area contributed by atoms with Gasteiger partial charge in [0.05, 0.1) is 6.20 Å². The number of rotatable bonds is 6. The first-order valence-electron chi connectivity index (χ1n) is 9.42. The summed E-state index contributed by atoms with van der Waals surface area (Å²) >= 11 is 0. The lowest BCUT2D eigenvalue weighted by Crippen LogP contribution is -2.51. The number of hydrogen-bond acceptors (Lipinski definition) is 5. The predicted molar refractivity (Wildman–Crippen MR) is 105 cm³/mol. The lowest BCUT2D eigenvalue weighted by Gasteiger charge is -2.32. The van der Waals surface area contributed by atoms with E-state index in [-0.39, 0.29) is 18.2 Å². The van der Waals surface area contributed by atoms with Crippen molar-refractivity contribution in [2.75, 3.05) is 18.4 Å². The first-order valence-corrected chi connectivity index (χ1v) is 9.42. The maximum Gasteiger partial charge on any atom is 0.326 e. The van der Waals surface area contributed by atoms with E-state index in [1.807, 2.05) is 30.3 Å². The van der Waals surface area contributed by atoms with E-state index in [2.05, 4.69) is 20.6 Å². The van der Waals surface area contributed by atoms with Crippen molar-refractivity contribution in [1.82, 2.24) is 20.2 Å². The third-order valence-electron chi connectivity index (χ3n) is 4.85. The third kappa shape index (κ3) is 5.74. The average molecular weight is 397 g/mol. The van der Waals surface area contributed by atoms with E-state index < -0.39 is 18.0 Å². The van der Waals surface area contributed by atoms with Crippen molar-refractivity contribution in [3.05, 3.63) is 54.5 Å². The van der Waals surface area contributed by atoms with E-state index in [1.54, 1.807) is 4.90 Å². The van der Waals surface area contributed by atoms with Crippen LogP contribution in [0, 0.1) is 5.92 Å². The molecule has 1 aliphatic rings. The van der Waals surface area contributed by atoms with Crippen molar-refractivity contribution < 1.29 is 19.5 Å². The second-order valence-electron chi connectivity index (χ2n) is 6.87. The topological polar surface area (TPSA) is 125 Å². The molecule has 1 aromatic heterocycles. The number of carboxylic acids is 1. The highest BCUT2D eigenvalue weighted by Crippen LogP contribution is 2.19. The van der Waals surface area contributed by atoms with Crippen LogP contribution >= 0.6 is 0 Å². The Hall–Kier alpha value is -3.49. The summed E-state index contributed by atoms with van der Waals surface area (Å²) in [7, 11) is 0. The molecule has 1 fully saturated rings. The van der Waals surface area contributed by atoms with Crippen LogP contribution in [0.25, 0.3) is 0 Å². The van der Waals surface area contributed by atoms with Gasteiger partial charge in [-0.15, -0.1) is 0 Å². The molecular formula is C20H23N5O4. The van der Waals surface area contributed by atoms with E-state index in [9.17, 15) is 19.5 Å². The second kappa shape index (κ2) is 9.63. The van der Waals surface area contributed by atoms with Crippen LogP contribution in [-0.2, 0) is 16.0 Å². The molecule has 3 rings (SSSR count). The monoisotopic (exact) mass is 397 g/mol. The summed E-state index contributed by atoms with van der Waals surface area (Å²) in [6.45, 7) is 0.754. The predicted octanol–water partition coefficient (Wildman–Crippen LogP) is 1.53. The Morgan fingerprint density at radius 3 is 2.48 bits per heavy atom. The van der Waals surface area contributed by atoms with Crippen LogP contribution in [0.1, 0.15) is 18.4 Å². The van der Waals surface area contributed by atoms with Crippen molar-refractivity contribution in [3.8, 4) is 0 Å². The van der Waals surface area contributed by atoms with E-state index in [4.69, 9.17) is 0 Å². The minimum atomic E-state index is -1.08. The molecule has 0 bridgehead atoms. The minimum Gasteiger partial charge on any atom is -0.480 e. The average Bonchev–Trinajstić information content (AvgIpc) is 2.74. The zero-order valence-electron chi connectivity index (χ0n) is 15.8. The molecule has 3 N–H and O–H groups in total. The molecule has 9 nitrogen and oxygen atoms in total. The third-order valence-corrected chi connectivity index (χ3v) is 4.85. The number of likely N-dealkylation sites (tertiary alicyclic amines) is 1. The van der Waals surface area contributed by atoms with Crippen molar-refractivity contribution >= 4 is 23.7 Å². The molecule has 3 amide bonds. The van der Waals surface area contributed by atoms with Crippen LogP contribution < -0.4 is 10.6 Å². The van der Waals surface area contributed by atoms with Gasteiger partial charge in [0.2, 0.25) is 5.91 Å². The fourth-order valence-electron chi connectivity index (χ4n) is 3.23. The summed E-state index contributed by atoms with van der Waals surface area (Å²) in [4.78, 5) is 45.8. The molecule has 9 heteroatoms. The number of anilines is 1. The standard InChI is InChI=1S/C20H23N5O4/c26-18(24-17-13-21-8-9-22-17)15-6-10-25(11-7-15)20(29)23-16(19(27)28)12-14-4-2-1-3-5-14/h1-5,8-9,13,15-16H,6-7,10-12H2,(H,23,29)(H,27,28)(H,22,24,26)/t16-/m0/s1. The van der Waals surface area contributed by atoms with Gasteiger partial charge >= 0.3 is 12.0 Å². The molecule has 0 unspecified atom stereocenters. The molecule has 2 aromatic rings. The summed E-state index contributed by atoms with van der Waals surface area (Å²) < 4.78 is 0. The summed E-state index contributed by atoms with van der Waals surface area (Å²) in [5.74, 6) is -1.08. The number of benzene rings is 1. The quantitative estimate of drug-likeness (QED) is 0.679. The Labute approximate surface area is 168 Å². The Morgan fingerprint density at radius 2 is 1.86 bits per heavy atom. The van der Waals surface area contributed by atoms with Gasteiger partial charge in [0.25, 0.3) is 0 Å². The number of nitrogens with one attached hydrogen (secondary N) is 2.